The van der Waals surface area contributed by atoms with Crippen molar-refractivity contribution in [2.45, 2.75) is 25.9 Å². The number of nitro benzene ring substituents is 1. The van der Waals surface area contributed by atoms with Crippen LogP contribution in [0.5, 0.6) is 5.75 Å². The molecule has 0 aliphatic carbocycles. The Hall–Kier alpha value is -3.46. The van der Waals surface area contributed by atoms with E-state index in [1.807, 2.05) is 48.6 Å². The van der Waals surface area contributed by atoms with Crippen LogP contribution in [0.3, 0.4) is 0 Å². The number of methoxy groups -OCH3 is 1. The third-order valence-corrected chi connectivity index (χ3v) is 6.15. The van der Waals surface area contributed by atoms with Crippen LogP contribution in [0, 0.1) is 24.0 Å². The largest absolute Gasteiger partial charge is 0.495 e. The monoisotopic (exact) mass is 437 g/mol. The second kappa shape index (κ2) is 7.99. The molecule has 1 aliphatic heterocycles. The molecule has 0 saturated carbocycles. The first-order valence-electron chi connectivity index (χ1n) is 9.79. The van der Waals surface area contributed by atoms with Gasteiger partial charge in [-0.3, -0.25) is 15.1 Å². The molecule has 1 aromatic carbocycles. The first-order valence-corrected chi connectivity index (χ1v) is 10.2. The lowest BCUT2D eigenvalue weighted by atomic mass is 9.97. The molecule has 3 aromatic rings. The van der Waals surface area contributed by atoms with E-state index in [1.165, 1.54) is 6.07 Å². The van der Waals surface area contributed by atoms with Gasteiger partial charge in [-0.2, -0.15) is 0 Å². The maximum absolute atomic E-state index is 11.4. The van der Waals surface area contributed by atoms with Crippen LogP contribution in [0.1, 0.15) is 34.7 Å². The predicted molar refractivity (Wildman–Crippen MR) is 122 cm³/mol. The molecule has 1 N–H and O–H groups in total. The Morgan fingerprint density at radius 2 is 2.00 bits per heavy atom. The molecule has 0 spiro atoms. The van der Waals surface area contributed by atoms with Crippen LogP contribution in [-0.4, -0.2) is 38.6 Å². The zero-order valence-corrected chi connectivity index (χ0v) is 18.5. The fourth-order valence-corrected chi connectivity index (χ4v) is 4.51. The van der Waals surface area contributed by atoms with Gasteiger partial charge < -0.3 is 19.5 Å². The average molecular weight is 438 g/mol. The maximum atomic E-state index is 11.4. The fraction of sp³-hybridized carbons (Fsp3) is 0.273. The molecule has 31 heavy (non-hydrogen) atoms. The normalized spacial score (nSPS) is 18.2. The highest BCUT2D eigenvalue weighted by Gasteiger charge is 2.39. The molecule has 8 nitrogen and oxygen atoms in total. The van der Waals surface area contributed by atoms with Gasteiger partial charge in [0.25, 0.3) is 5.69 Å². The lowest BCUT2D eigenvalue weighted by Crippen LogP contribution is -2.25. The number of hydrogen-bond acceptors (Lipinski definition) is 5. The number of aromatic nitrogens is 2. The molecule has 0 radical (unpaired) electrons. The van der Waals surface area contributed by atoms with Crippen LogP contribution in [-0.2, 0) is 0 Å². The first-order chi connectivity index (χ1) is 14.8. The summed E-state index contributed by atoms with van der Waals surface area (Å²) in [6, 6.07) is 12.3. The van der Waals surface area contributed by atoms with E-state index >= 15 is 0 Å². The van der Waals surface area contributed by atoms with Crippen molar-refractivity contribution in [3.8, 4) is 11.4 Å². The van der Waals surface area contributed by atoms with Gasteiger partial charge in [0.2, 0.25) is 0 Å². The Labute approximate surface area is 185 Å². The number of ether oxygens (including phenoxy) is 1. The highest BCUT2D eigenvalue weighted by atomic mass is 32.1. The van der Waals surface area contributed by atoms with E-state index in [0.717, 1.165) is 22.6 Å². The summed E-state index contributed by atoms with van der Waals surface area (Å²) in [4.78, 5) is 17.5. The Morgan fingerprint density at radius 3 is 2.65 bits per heavy atom. The zero-order valence-electron chi connectivity index (χ0n) is 17.7. The van der Waals surface area contributed by atoms with Crippen molar-refractivity contribution in [2.75, 3.05) is 14.2 Å². The lowest BCUT2D eigenvalue weighted by molar-refractivity contribution is -0.384. The van der Waals surface area contributed by atoms with Gasteiger partial charge in [0.15, 0.2) is 5.11 Å². The second-order valence-electron chi connectivity index (χ2n) is 7.51. The standard InChI is InChI=1S/C22H23N5O3S/c1-13-11-16(21-20(24-22(31)25(21)3)17-7-5-6-10-23-17)14(2)26(13)18-12-15(27(28)29)8-9-19(18)30-4/h5-12,20-21H,1-4H3,(H,24,31). The number of nitrogens with one attached hydrogen (secondary N) is 1. The molecule has 0 amide bonds. The van der Waals surface area contributed by atoms with Crippen molar-refractivity contribution in [3.05, 3.63) is 81.4 Å². The number of hydrogen-bond donors (Lipinski definition) is 1. The summed E-state index contributed by atoms with van der Waals surface area (Å²) in [5.74, 6) is 0.564. The van der Waals surface area contributed by atoms with E-state index in [2.05, 4.69) is 16.4 Å². The molecule has 2 unspecified atom stereocenters. The van der Waals surface area contributed by atoms with Gasteiger partial charge in [0.1, 0.15) is 5.75 Å². The molecule has 3 heterocycles. The number of nitro groups is 1. The third-order valence-electron chi connectivity index (χ3n) is 5.74. The molecule has 1 fully saturated rings. The summed E-state index contributed by atoms with van der Waals surface area (Å²) < 4.78 is 7.50. The fourth-order valence-electron chi connectivity index (χ4n) is 4.27. The minimum absolute atomic E-state index is 0.0111. The van der Waals surface area contributed by atoms with Crippen LogP contribution in [0.2, 0.25) is 0 Å². The molecule has 2 atom stereocenters. The van der Waals surface area contributed by atoms with Crippen LogP contribution >= 0.6 is 12.2 Å². The summed E-state index contributed by atoms with van der Waals surface area (Å²) in [7, 11) is 3.52. The summed E-state index contributed by atoms with van der Waals surface area (Å²) in [6.45, 7) is 3.98. The first kappa shape index (κ1) is 20.8. The van der Waals surface area contributed by atoms with E-state index in [0.29, 0.717) is 16.5 Å². The second-order valence-corrected chi connectivity index (χ2v) is 7.90. The number of pyridine rings is 1. The van der Waals surface area contributed by atoms with Gasteiger partial charge >= 0.3 is 0 Å². The number of benzene rings is 1. The highest BCUT2D eigenvalue weighted by Crippen LogP contribution is 2.41. The molecule has 1 saturated heterocycles. The molecule has 160 valence electrons. The summed E-state index contributed by atoms with van der Waals surface area (Å²) in [5, 5.41) is 15.4. The van der Waals surface area contributed by atoms with Crippen molar-refractivity contribution in [1.29, 1.82) is 0 Å². The maximum Gasteiger partial charge on any atom is 0.271 e. The van der Waals surface area contributed by atoms with Gasteiger partial charge in [-0.25, -0.2) is 0 Å². The van der Waals surface area contributed by atoms with Crippen molar-refractivity contribution >= 4 is 23.0 Å². The summed E-state index contributed by atoms with van der Waals surface area (Å²) in [5.41, 5.74) is 4.51. The van der Waals surface area contributed by atoms with Crippen molar-refractivity contribution in [3.63, 3.8) is 0 Å². The number of likely N-dealkylation sites (N-methyl/N-ethyl adjacent to an activating group) is 1. The zero-order chi connectivity index (χ0) is 22.3. The molecule has 9 heteroatoms. The van der Waals surface area contributed by atoms with Crippen molar-refractivity contribution in [1.82, 2.24) is 19.8 Å². The van der Waals surface area contributed by atoms with Gasteiger partial charge in [0.05, 0.1) is 35.5 Å². The van der Waals surface area contributed by atoms with E-state index in [9.17, 15) is 10.1 Å². The highest BCUT2D eigenvalue weighted by molar-refractivity contribution is 7.80. The van der Waals surface area contributed by atoms with Crippen LogP contribution < -0.4 is 10.1 Å². The molecule has 0 bridgehead atoms. The summed E-state index contributed by atoms with van der Waals surface area (Å²) >= 11 is 5.54. The number of nitrogens with zero attached hydrogens (tertiary/aromatic N) is 4. The summed E-state index contributed by atoms with van der Waals surface area (Å²) in [6.07, 6.45) is 1.77. The SMILES string of the molecule is COc1ccc([N+](=O)[O-])cc1-n1c(C)cc(C2C(c3ccccn3)NC(=S)N2C)c1C. The van der Waals surface area contributed by atoms with Crippen LogP contribution in [0.25, 0.3) is 5.69 Å². The van der Waals surface area contributed by atoms with Gasteiger partial charge in [0, 0.05) is 36.8 Å². The van der Waals surface area contributed by atoms with Gasteiger partial charge in [-0.1, -0.05) is 6.07 Å². The van der Waals surface area contributed by atoms with Gasteiger partial charge in [-0.15, -0.1) is 0 Å². The number of rotatable bonds is 5. The topological polar surface area (TPSA) is 85.5 Å². The van der Waals surface area contributed by atoms with E-state index in [4.69, 9.17) is 17.0 Å². The Bertz CT molecular complexity index is 1160. The number of non-ortho nitro benzene ring substituents is 1. The van der Waals surface area contributed by atoms with E-state index in [1.54, 1.807) is 25.4 Å². The van der Waals surface area contributed by atoms with Crippen LogP contribution in [0.4, 0.5) is 5.69 Å². The van der Waals surface area contributed by atoms with E-state index in [-0.39, 0.29) is 17.8 Å². The Balaban J connectivity index is 1.86. The number of aryl methyl sites for hydroxylation is 1. The minimum atomic E-state index is -0.401. The quantitative estimate of drug-likeness (QED) is 0.367. The Morgan fingerprint density at radius 1 is 1.23 bits per heavy atom. The lowest BCUT2D eigenvalue weighted by Gasteiger charge is -2.24. The van der Waals surface area contributed by atoms with Gasteiger partial charge in [-0.05, 0) is 55.9 Å². The predicted octanol–water partition coefficient (Wildman–Crippen LogP) is 4.01. The van der Waals surface area contributed by atoms with Crippen molar-refractivity contribution < 1.29 is 9.66 Å². The number of thiocarbonyl (C=S) groups is 1. The third kappa shape index (κ3) is 3.50. The van der Waals surface area contributed by atoms with Crippen LogP contribution in [0.15, 0.2) is 48.7 Å². The molecule has 4 rings (SSSR count). The molecular weight excluding hydrogens is 414 g/mol. The smallest absolute Gasteiger partial charge is 0.271 e. The van der Waals surface area contributed by atoms with Crippen molar-refractivity contribution in [2.24, 2.45) is 0 Å². The van der Waals surface area contributed by atoms with E-state index < -0.39 is 4.92 Å². The average Bonchev–Trinajstić information content (AvgIpc) is 3.22. The molecule has 1 aliphatic rings. The molecular formula is C22H23N5O3S. The Kier molecular flexibility index (Phi) is 5.36. The molecule has 2 aromatic heterocycles. The minimum Gasteiger partial charge on any atom is -0.495 e.